The van der Waals surface area contributed by atoms with Crippen molar-refractivity contribution in [2.45, 2.75) is 45.2 Å². The van der Waals surface area contributed by atoms with E-state index in [9.17, 15) is 9.59 Å². The molecule has 2 atom stereocenters. The standard InChI is InChI=1S/C11H20N2O3/c1-7(5-9-3-4-9)12-6-10(11(15)16)13-8(2)14/h7,9-10,12H,3-6H2,1-2H3,(H,13,14)(H,15,16). The molecule has 1 fully saturated rings. The zero-order chi connectivity index (χ0) is 12.1. The van der Waals surface area contributed by atoms with E-state index in [1.807, 2.05) is 6.92 Å². The lowest BCUT2D eigenvalue weighted by Crippen LogP contribution is -2.48. The van der Waals surface area contributed by atoms with Gasteiger partial charge in [-0.25, -0.2) is 4.79 Å². The highest BCUT2D eigenvalue weighted by molar-refractivity contribution is 5.82. The number of aliphatic carboxylic acids is 1. The molecule has 3 N–H and O–H groups in total. The molecule has 5 nitrogen and oxygen atoms in total. The second kappa shape index (κ2) is 5.84. The van der Waals surface area contributed by atoms with Crippen molar-refractivity contribution in [1.29, 1.82) is 0 Å². The second-order valence-electron chi connectivity index (χ2n) is 4.58. The molecule has 0 bridgehead atoms. The molecule has 0 aliphatic heterocycles. The van der Waals surface area contributed by atoms with Gasteiger partial charge in [0.05, 0.1) is 0 Å². The van der Waals surface area contributed by atoms with Crippen molar-refractivity contribution < 1.29 is 14.7 Å². The maximum absolute atomic E-state index is 10.8. The van der Waals surface area contributed by atoms with Crippen molar-refractivity contribution in [3.8, 4) is 0 Å². The maximum atomic E-state index is 10.8. The van der Waals surface area contributed by atoms with Gasteiger partial charge in [-0.15, -0.1) is 0 Å². The van der Waals surface area contributed by atoms with Gasteiger partial charge >= 0.3 is 5.97 Å². The Bertz CT molecular complexity index is 264. The van der Waals surface area contributed by atoms with Crippen molar-refractivity contribution in [2.24, 2.45) is 5.92 Å². The van der Waals surface area contributed by atoms with Crippen LogP contribution in [0, 0.1) is 5.92 Å². The number of carboxylic acid groups (broad SMARTS) is 1. The van der Waals surface area contributed by atoms with Gasteiger partial charge in [0.1, 0.15) is 6.04 Å². The summed E-state index contributed by atoms with van der Waals surface area (Å²) < 4.78 is 0. The third-order valence-corrected chi connectivity index (χ3v) is 2.73. The third-order valence-electron chi connectivity index (χ3n) is 2.73. The molecule has 0 spiro atoms. The normalized spacial score (nSPS) is 18.9. The van der Waals surface area contributed by atoms with E-state index < -0.39 is 12.0 Å². The monoisotopic (exact) mass is 228 g/mol. The first-order chi connectivity index (χ1) is 7.49. The van der Waals surface area contributed by atoms with Gasteiger partial charge in [-0.1, -0.05) is 12.8 Å². The average Bonchev–Trinajstić information content (AvgIpc) is 2.95. The van der Waals surface area contributed by atoms with E-state index in [0.29, 0.717) is 6.04 Å². The van der Waals surface area contributed by atoms with Crippen LogP contribution in [0.25, 0.3) is 0 Å². The van der Waals surface area contributed by atoms with Crippen LogP contribution in [0.4, 0.5) is 0 Å². The molecule has 0 aromatic rings. The Kier molecular flexibility index (Phi) is 4.73. The first kappa shape index (κ1) is 13.0. The summed E-state index contributed by atoms with van der Waals surface area (Å²) in [6.07, 6.45) is 3.67. The van der Waals surface area contributed by atoms with Crippen LogP contribution in [0.15, 0.2) is 0 Å². The van der Waals surface area contributed by atoms with E-state index in [0.717, 1.165) is 12.3 Å². The molecule has 1 rings (SSSR count). The number of nitrogens with one attached hydrogen (secondary N) is 2. The Hall–Kier alpha value is -1.10. The van der Waals surface area contributed by atoms with Gasteiger partial charge in [0, 0.05) is 19.5 Å². The van der Waals surface area contributed by atoms with Crippen LogP contribution in [-0.2, 0) is 9.59 Å². The quantitative estimate of drug-likeness (QED) is 0.587. The van der Waals surface area contributed by atoms with Gasteiger partial charge in [0.2, 0.25) is 5.91 Å². The van der Waals surface area contributed by atoms with Crippen LogP contribution in [0.3, 0.4) is 0 Å². The molecule has 0 radical (unpaired) electrons. The molecule has 1 amide bonds. The number of carbonyl (C=O) groups excluding carboxylic acids is 1. The summed E-state index contributed by atoms with van der Waals surface area (Å²) in [6, 6.07) is -0.526. The van der Waals surface area contributed by atoms with Crippen LogP contribution in [0.1, 0.15) is 33.1 Å². The Morgan fingerprint density at radius 2 is 2.06 bits per heavy atom. The van der Waals surface area contributed by atoms with Gasteiger partial charge in [0.15, 0.2) is 0 Å². The van der Waals surface area contributed by atoms with E-state index in [-0.39, 0.29) is 12.5 Å². The average molecular weight is 228 g/mol. The number of hydrogen-bond donors (Lipinski definition) is 3. The molecule has 5 heteroatoms. The highest BCUT2D eigenvalue weighted by atomic mass is 16.4. The summed E-state index contributed by atoms with van der Waals surface area (Å²) in [5, 5.41) is 14.4. The number of carboxylic acids is 1. The largest absolute Gasteiger partial charge is 0.480 e. The summed E-state index contributed by atoms with van der Waals surface area (Å²) in [7, 11) is 0. The SMILES string of the molecule is CC(=O)NC(CNC(C)CC1CC1)C(=O)O. The fraction of sp³-hybridized carbons (Fsp3) is 0.818. The summed E-state index contributed by atoms with van der Waals surface area (Å²) in [5.41, 5.74) is 0. The number of hydrogen-bond acceptors (Lipinski definition) is 3. The van der Waals surface area contributed by atoms with Crippen molar-refractivity contribution in [3.05, 3.63) is 0 Å². The van der Waals surface area contributed by atoms with Crippen molar-refractivity contribution in [3.63, 3.8) is 0 Å². The molecule has 92 valence electrons. The van der Waals surface area contributed by atoms with E-state index in [2.05, 4.69) is 10.6 Å². The number of amides is 1. The molecule has 0 aromatic carbocycles. The Morgan fingerprint density at radius 3 is 2.50 bits per heavy atom. The molecule has 1 aliphatic rings. The topological polar surface area (TPSA) is 78.4 Å². The predicted octanol–water partition coefficient (Wildman–Crippen LogP) is 0.354. The van der Waals surface area contributed by atoms with Gasteiger partial charge in [-0.05, 0) is 19.3 Å². The zero-order valence-electron chi connectivity index (χ0n) is 9.82. The Morgan fingerprint density at radius 1 is 1.44 bits per heavy atom. The van der Waals surface area contributed by atoms with E-state index in [1.165, 1.54) is 19.8 Å². The third kappa shape index (κ3) is 5.11. The number of carbonyl (C=O) groups is 2. The molecule has 2 unspecified atom stereocenters. The Labute approximate surface area is 95.6 Å². The smallest absolute Gasteiger partial charge is 0.327 e. The molecule has 16 heavy (non-hydrogen) atoms. The van der Waals surface area contributed by atoms with Gasteiger partial charge in [-0.2, -0.15) is 0 Å². The van der Waals surface area contributed by atoms with Gasteiger partial charge in [-0.3, -0.25) is 4.79 Å². The second-order valence-corrected chi connectivity index (χ2v) is 4.58. The molecule has 1 saturated carbocycles. The van der Waals surface area contributed by atoms with Crippen LogP contribution in [-0.4, -0.2) is 35.6 Å². The predicted molar refractivity (Wildman–Crippen MR) is 60.0 cm³/mol. The first-order valence-electron chi connectivity index (χ1n) is 5.72. The summed E-state index contributed by atoms with van der Waals surface area (Å²) in [4.78, 5) is 21.6. The molecule has 0 heterocycles. The van der Waals surface area contributed by atoms with Crippen LogP contribution in [0.2, 0.25) is 0 Å². The minimum Gasteiger partial charge on any atom is -0.480 e. The molecular formula is C11H20N2O3. The lowest BCUT2D eigenvalue weighted by atomic mass is 10.1. The van der Waals surface area contributed by atoms with E-state index in [1.54, 1.807) is 0 Å². The zero-order valence-corrected chi connectivity index (χ0v) is 9.82. The summed E-state index contributed by atoms with van der Waals surface area (Å²) >= 11 is 0. The van der Waals surface area contributed by atoms with Crippen LogP contribution < -0.4 is 10.6 Å². The number of rotatable bonds is 7. The van der Waals surface area contributed by atoms with E-state index in [4.69, 9.17) is 5.11 Å². The van der Waals surface area contributed by atoms with Crippen molar-refractivity contribution in [2.75, 3.05) is 6.54 Å². The first-order valence-corrected chi connectivity index (χ1v) is 5.72. The van der Waals surface area contributed by atoms with E-state index >= 15 is 0 Å². The summed E-state index contributed by atoms with van der Waals surface area (Å²) in [6.45, 7) is 3.65. The lowest BCUT2D eigenvalue weighted by Gasteiger charge is -2.18. The fourth-order valence-electron chi connectivity index (χ4n) is 1.70. The van der Waals surface area contributed by atoms with Gasteiger partial charge in [0.25, 0.3) is 0 Å². The van der Waals surface area contributed by atoms with Crippen LogP contribution >= 0.6 is 0 Å². The van der Waals surface area contributed by atoms with Crippen molar-refractivity contribution >= 4 is 11.9 Å². The lowest BCUT2D eigenvalue weighted by molar-refractivity contribution is -0.141. The van der Waals surface area contributed by atoms with Gasteiger partial charge < -0.3 is 15.7 Å². The Balaban J connectivity index is 2.24. The fourth-order valence-corrected chi connectivity index (χ4v) is 1.70. The highest BCUT2D eigenvalue weighted by Gasteiger charge is 2.24. The highest BCUT2D eigenvalue weighted by Crippen LogP contribution is 2.33. The molecule has 0 saturated heterocycles. The van der Waals surface area contributed by atoms with Crippen molar-refractivity contribution in [1.82, 2.24) is 10.6 Å². The molecule has 0 aromatic heterocycles. The minimum atomic E-state index is -0.999. The maximum Gasteiger partial charge on any atom is 0.327 e. The van der Waals surface area contributed by atoms with Crippen LogP contribution in [0.5, 0.6) is 0 Å². The molecular weight excluding hydrogens is 208 g/mol. The molecule has 1 aliphatic carbocycles. The minimum absolute atomic E-state index is 0.281. The summed E-state index contributed by atoms with van der Waals surface area (Å²) in [5.74, 6) is -0.503.